The summed E-state index contributed by atoms with van der Waals surface area (Å²) in [5.41, 5.74) is 0. The largest absolute Gasteiger partial charge is 1.00 e. The van der Waals surface area contributed by atoms with Crippen LogP contribution in [0.3, 0.4) is 0 Å². The molecule has 0 saturated carbocycles. The maximum Gasteiger partial charge on any atom is 1.00 e. The minimum absolute atomic E-state index is 0. The Morgan fingerprint density at radius 2 is 1.57 bits per heavy atom. The first-order valence-corrected chi connectivity index (χ1v) is 3.47. The molecule has 0 aromatic heterocycles. The minimum Gasteiger partial charge on any atom is -1.00 e. The molecule has 0 heterocycles. The van der Waals surface area contributed by atoms with Gasteiger partial charge >= 0.3 is 35.5 Å². The molecule has 7 nitrogen and oxygen atoms in total. The van der Waals surface area contributed by atoms with E-state index in [1.807, 2.05) is 0 Å². The van der Waals surface area contributed by atoms with E-state index >= 15 is 0 Å². The summed E-state index contributed by atoms with van der Waals surface area (Å²) in [7, 11) is 0. The summed E-state index contributed by atoms with van der Waals surface area (Å²) >= 11 is 0. The number of rotatable bonds is 5. The Hall–Kier alpha value is 0.270. The SMILES string of the molecule is O=C(O)[C@H](O)[C@@H](O)[C@@H](O)[C@H](O)CO.[H-].[Na+]. The second kappa shape index (κ2) is 7.55. The number of carbonyl (C=O) groups is 1. The van der Waals surface area contributed by atoms with E-state index < -0.39 is 37.0 Å². The molecule has 0 spiro atoms. The molecule has 0 aromatic carbocycles. The molecular formula is C6H13NaO7. The van der Waals surface area contributed by atoms with Crippen LogP contribution in [0.1, 0.15) is 1.43 Å². The fourth-order valence-electron chi connectivity index (χ4n) is 0.668. The molecule has 80 valence electrons. The molecule has 8 heteroatoms. The van der Waals surface area contributed by atoms with Gasteiger partial charge in [-0.2, -0.15) is 0 Å². The van der Waals surface area contributed by atoms with Gasteiger partial charge in [-0.3, -0.25) is 0 Å². The van der Waals surface area contributed by atoms with Crippen LogP contribution in [0.2, 0.25) is 0 Å². The normalized spacial score (nSPS) is 18.9. The van der Waals surface area contributed by atoms with Gasteiger partial charge in [-0.1, -0.05) is 0 Å². The van der Waals surface area contributed by atoms with Crippen molar-refractivity contribution in [2.45, 2.75) is 24.4 Å². The van der Waals surface area contributed by atoms with Crippen molar-refractivity contribution in [3.05, 3.63) is 0 Å². The molecule has 0 amide bonds. The Bertz CT molecular complexity index is 181. The number of carboxylic acids is 1. The van der Waals surface area contributed by atoms with Gasteiger partial charge in [-0.05, 0) is 0 Å². The zero-order valence-corrected chi connectivity index (χ0v) is 9.61. The van der Waals surface area contributed by atoms with Crippen molar-refractivity contribution in [2.75, 3.05) is 6.61 Å². The maximum absolute atomic E-state index is 10.1. The van der Waals surface area contributed by atoms with Crippen molar-refractivity contribution in [3.8, 4) is 0 Å². The second-order valence-electron chi connectivity index (χ2n) is 2.51. The molecule has 4 atom stereocenters. The summed E-state index contributed by atoms with van der Waals surface area (Å²) in [5, 5.41) is 51.8. The number of aliphatic hydroxyl groups is 5. The van der Waals surface area contributed by atoms with Crippen LogP contribution in [0, 0.1) is 0 Å². The van der Waals surface area contributed by atoms with Crippen LogP contribution >= 0.6 is 0 Å². The zero-order chi connectivity index (χ0) is 10.6. The molecule has 0 fully saturated rings. The van der Waals surface area contributed by atoms with E-state index in [0.717, 1.165) is 0 Å². The molecule has 0 bridgehead atoms. The zero-order valence-electron chi connectivity index (χ0n) is 8.61. The van der Waals surface area contributed by atoms with E-state index in [1.165, 1.54) is 0 Å². The third-order valence-corrected chi connectivity index (χ3v) is 1.51. The van der Waals surface area contributed by atoms with Crippen LogP contribution in [0.4, 0.5) is 0 Å². The first-order chi connectivity index (χ1) is 5.91. The van der Waals surface area contributed by atoms with E-state index in [0.29, 0.717) is 0 Å². The monoisotopic (exact) mass is 220 g/mol. The first-order valence-electron chi connectivity index (χ1n) is 3.47. The van der Waals surface area contributed by atoms with Crippen molar-refractivity contribution in [1.82, 2.24) is 0 Å². The predicted octanol–water partition coefficient (Wildman–Crippen LogP) is -6.38. The summed E-state index contributed by atoms with van der Waals surface area (Å²) < 4.78 is 0. The molecule has 0 unspecified atom stereocenters. The quantitative estimate of drug-likeness (QED) is 0.253. The van der Waals surface area contributed by atoms with E-state index in [4.69, 9.17) is 30.6 Å². The third-order valence-electron chi connectivity index (χ3n) is 1.51. The molecule has 6 N–H and O–H groups in total. The van der Waals surface area contributed by atoms with E-state index in [-0.39, 0.29) is 31.0 Å². The predicted molar refractivity (Wildman–Crippen MR) is 39.9 cm³/mol. The van der Waals surface area contributed by atoms with Crippen molar-refractivity contribution in [1.29, 1.82) is 0 Å². The molecular weight excluding hydrogens is 207 g/mol. The molecule has 14 heavy (non-hydrogen) atoms. The van der Waals surface area contributed by atoms with Gasteiger partial charge in [0, 0.05) is 0 Å². The third kappa shape index (κ3) is 4.67. The summed E-state index contributed by atoms with van der Waals surface area (Å²) in [6.45, 7) is -0.843. The first kappa shape index (κ1) is 16.7. The number of hydrogen-bond donors (Lipinski definition) is 6. The molecule has 0 radical (unpaired) electrons. The van der Waals surface area contributed by atoms with Gasteiger partial charge in [0.15, 0.2) is 6.10 Å². The molecule has 0 aliphatic carbocycles. The Morgan fingerprint density at radius 1 is 1.14 bits per heavy atom. The van der Waals surface area contributed by atoms with Gasteiger partial charge in [0.25, 0.3) is 0 Å². The molecule has 0 rings (SSSR count). The summed E-state index contributed by atoms with van der Waals surface area (Å²) in [5.74, 6) is -1.73. The summed E-state index contributed by atoms with van der Waals surface area (Å²) in [4.78, 5) is 10.1. The maximum atomic E-state index is 10.1. The molecule has 0 aliphatic rings. The molecule has 0 saturated heterocycles. The molecule has 0 aromatic rings. The van der Waals surface area contributed by atoms with Crippen molar-refractivity contribution in [3.63, 3.8) is 0 Å². The Kier molecular flexibility index (Phi) is 9.00. The summed E-state index contributed by atoms with van der Waals surface area (Å²) in [6.07, 6.45) is -7.84. The fraction of sp³-hybridized carbons (Fsp3) is 0.833. The minimum atomic E-state index is -2.20. The standard InChI is InChI=1S/C6H12O7.Na.H/c7-1-2(8)3(9)4(10)5(11)6(12)13;;/h2-5,7-11H,1H2,(H,12,13);;/q;+1;-1/t2-,3+,4+,5-;;/m1../s1. The van der Waals surface area contributed by atoms with Crippen molar-refractivity contribution < 1.29 is 66.4 Å². The topological polar surface area (TPSA) is 138 Å². The van der Waals surface area contributed by atoms with Crippen molar-refractivity contribution >= 4 is 5.97 Å². The van der Waals surface area contributed by atoms with Gasteiger partial charge < -0.3 is 32.1 Å². The van der Waals surface area contributed by atoms with E-state index in [2.05, 4.69) is 0 Å². The van der Waals surface area contributed by atoms with Crippen LogP contribution < -0.4 is 29.6 Å². The van der Waals surface area contributed by atoms with Gasteiger partial charge in [0.05, 0.1) is 6.61 Å². The van der Waals surface area contributed by atoms with E-state index in [9.17, 15) is 4.79 Å². The van der Waals surface area contributed by atoms with Crippen LogP contribution in [0.15, 0.2) is 0 Å². The number of aliphatic hydroxyl groups excluding tert-OH is 5. The average molecular weight is 220 g/mol. The Balaban J connectivity index is -0.000000720. The second-order valence-corrected chi connectivity index (χ2v) is 2.51. The van der Waals surface area contributed by atoms with E-state index in [1.54, 1.807) is 0 Å². The smallest absolute Gasteiger partial charge is 1.00 e. The Labute approximate surface area is 103 Å². The average Bonchev–Trinajstić information content (AvgIpc) is 2.12. The van der Waals surface area contributed by atoms with Crippen LogP contribution in [0.25, 0.3) is 0 Å². The van der Waals surface area contributed by atoms with Crippen LogP contribution in [0.5, 0.6) is 0 Å². The molecule has 0 aliphatic heterocycles. The number of aliphatic carboxylic acids is 1. The van der Waals surface area contributed by atoms with Gasteiger partial charge in [0.1, 0.15) is 18.3 Å². The summed E-state index contributed by atoms with van der Waals surface area (Å²) in [6, 6.07) is 0. The Morgan fingerprint density at radius 3 is 1.86 bits per heavy atom. The fourth-order valence-corrected chi connectivity index (χ4v) is 0.668. The van der Waals surface area contributed by atoms with Crippen LogP contribution in [-0.2, 0) is 4.79 Å². The van der Waals surface area contributed by atoms with Gasteiger partial charge in [0.2, 0.25) is 0 Å². The van der Waals surface area contributed by atoms with Crippen molar-refractivity contribution in [2.24, 2.45) is 0 Å². The van der Waals surface area contributed by atoms with Gasteiger partial charge in [-0.15, -0.1) is 0 Å². The van der Waals surface area contributed by atoms with Gasteiger partial charge in [-0.25, -0.2) is 4.79 Å². The number of hydrogen-bond acceptors (Lipinski definition) is 6. The number of carboxylic acid groups (broad SMARTS) is 1. The van der Waals surface area contributed by atoms with Crippen LogP contribution in [-0.4, -0.2) is 67.6 Å².